The molecule has 2 heterocycles. The molecule has 4 rings (SSSR count). The SMILES string of the molecule is Nc1csc2cc(N3CCC(N)CC3)cc(OCc3ccccc3)c12. The van der Waals surface area contributed by atoms with Crippen molar-refractivity contribution in [3.8, 4) is 5.75 Å². The third kappa shape index (κ3) is 3.43. The molecule has 4 N–H and O–H groups in total. The maximum Gasteiger partial charge on any atom is 0.132 e. The molecule has 25 heavy (non-hydrogen) atoms. The standard InChI is InChI=1S/C20H23N3OS/c21-15-6-8-23(9-7-15)16-10-18(20-17(22)13-25-19(20)11-16)24-12-14-4-2-1-3-5-14/h1-5,10-11,13,15H,6-9,12,21-22H2. The Morgan fingerprint density at radius 2 is 1.88 bits per heavy atom. The molecule has 1 aliphatic rings. The summed E-state index contributed by atoms with van der Waals surface area (Å²) in [6.07, 6.45) is 2.07. The van der Waals surface area contributed by atoms with Gasteiger partial charge in [-0.15, -0.1) is 11.3 Å². The third-order valence-electron chi connectivity index (χ3n) is 4.79. The summed E-state index contributed by atoms with van der Waals surface area (Å²) < 4.78 is 7.35. The van der Waals surface area contributed by atoms with Crippen LogP contribution in [0.15, 0.2) is 47.8 Å². The summed E-state index contributed by atoms with van der Waals surface area (Å²) in [7, 11) is 0. The van der Waals surface area contributed by atoms with E-state index in [2.05, 4.69) is 29.2 Å². The molecule has 5 heteroatoms. The van der Waals surface area contributed by atoms with E-state index in [0.29, 0.717) is 12.6 Å². The second kappa shape index (κ2) is 6.94. The number of anilines is 2. The molecule has 1 fully saturated rings. The lowest BCUT2D eigenvalue weighted by Gasteiger charge is -2.32. The number of rotatable bonds is 4. The minimum Gasteiger partial charge on any atom is -0.488 e. The van der Waals surface area contributed by atoms with Crippen LogP contribution < -0.4 is 21.1 Å². The van der Waals surface area contributed by atoms with Gasteiger partial charge in [-0.1, -0.05) is 30.3 Å². The minimum absolute atomic E-state index is 0.325. The van der Waals surface area contributed by atoms with E-state index in [1.54, 1.807) is 11.3 Å². The van der Waals surface area contributed by atoms with Crippen molar-refractivity contribution in [2.75, 3.05) is 23.7 Å². The smallest absolute Gasteiger partial charge is 0.132 e. The lowest BCUT2D eigenvalue weighted by molar-refractivity contribution is 0.310. The zero-order valence-electron chi connectivity index (χ0n) is 14.2. The summed E-state index contributed by atoms with van der Waals surface area (Å²) in [5, 5.41) is 3.02. The van der Waals surface area contributed by atoms with E-state index in [4.69, 9.17) is 16.2 Å². The number of hydrogen-bond donors (Lipinski definition) is 2. The van der Waals surface area contributed by atoms with Crippen LogP contribution >= 0.6 is 11.3 Å². The molecule has 0 spiro atoms. The second-order valence-electron chi connectivity index (χ2n) is 6.61. The Kier molecular flexibility index (Phi) is 4.51. The van der Waals surface area contributed by atoms with Gasteiger partial charge in [0.2, 0.25) is 0 Å². The molecular weight excluding hydrogens is 330 g/mol. The Hall–Kier alpha value is -2.24. The highest BCUT2D eigenvalue weighted by molar-refractivity contribution is 7.17. The number of piperidine rings is 1. The van der Waals surface area contributed by atoms with Crippen LogP contribution in [0.3, 0.4) is 0 Å². The fourth-order valence-corrected chi connectivity index (χ4v) is 4.23. The molecular formula is C20H23N3OS. The van der Waals surface area contributed by atoms with Crippen molar-refractivity contribution in [2.45, 2.75) is 25.5 Å². The Bertz CT molecular complexity index is 854. The van der Waals surface area contributed by atoms with E-state index >= 15 is 0 Å². The molecule has 3 aromatic rings. The summed E-state index contributed by atoms with van der Waals surface area (Å²) in [6, 6.07) is 14.9. The van der Waals surface area contributed by atoms with Crippen LogP contribution in [0.4, 0.5) is 11.4 Å². The molecule has 0 amide bonds. The molecule has 0 aliphatic carbocycles. The molecule has 0 bridgehead atoms. The van der Waals surface area contributed by atoms with Gasteiger partial charge in [-0.3, -0.25) is 0 Å². The minimum atomic E-state index is 0.325. The number of thiophene rings is 1. The zero-order chi connectivity index (χ0) is 17.2. The summed E-state index contributed by atoms with van der Waals surface area (Å²) in [5.74, 6) is 0.866. The summed E-state index contributed by atoms with van der Waals surface area (Å²) in [6.45, 7) is 2.52. The second-order valence-corrected chi connectivity index (χ2v) is 7.52. The van der Waals surface area contributed by atoms with Crippen molar-refractivity contribution in [1.29, 1.82) is 0 Å². The predicted molar refractivity (Wildman–Crippen MR) is 106 cm³/mol. The van der Waals surface area contributed by atoms with E-state index in [0.717, 1.165) is 48.3 Å². The van der Waals surface area contributed by atoms with Gasteiger partial charge in [0.25, 0.3) is 0 Å². The van der Waals surface area contributed by atoms with Crippen molar-refractivity contribution in [3.63, 3.8) is 0 Å². The first-order valence-electron chi connectivity index (χ1n) is 8.68. The third-order valence-corrected chi connectivity index (χ3v) is 5.74. The molecule has 1 aliphatic heterocycles. The molecule has 4 nitrogen and oxygen atoms in total. The van der Waals surface area contributed by atoms with Crippen LogP contribution in [0, 0.1) is 0 Å². The van der Waals surface area contributed by atoms with Gasteiger partial charge in [0, 0.05) is 41.0 Å². The van der Waals surface area contributed by atoms with E-state index < -0.39 is 0 Å². The first kappa shape index (κ1) is 16.2. The van der Waals surface area contributed by atoms with Crippen molar-refractivity contribution < 1.29 is 4.74 Å². The van der Waals surface area contributed by atoms with Crippen LogP contribution in [0.25, 0.3) is 10.1 Å². The van der Waals surface area contributed by atoms with E-state index in [-0.39, 0.29) is 0 Å². The fourth-order valence-electron chi connectivity index (χ4n) is 3.33. The number of hydrogen-bond acceptors (Lipinski definition) is 5. The lowest BCUT2D eigenvalue weighted by Crippen LogP contribution is -2.39. The summed E-state index contributed by atoms with van der Waals surface area (Å²) in [5.41, 5.74) is 15.4. The molecule has 2 aromatic carbocycles. The number of benzene rings is 2. The molecule has 1 saturated heterocycles. The Morgan fingerprint density at radius 3 is 2.64 bits per heavy atom. The molecule has 130 valence electrons. The molecule has 0 saturated carbocycles. The normalized spacial score (nSPS) is 15.6. The maximum atomic E-state index is 6.19. The van der Waals surface area contributed by atoms with Crippen LogP contribution in [0.1, 0.15) is 18.4 Å². The zero-order valence-corrected chi connectivity index (χ0v) is 15.0. The van der Waals surface area contributed by atoms with Gasteiger partial charge in [-0.2, -0.15) is 0 Å². The summed E-state index contributed by atoms with van der Waals surface area (Å²) >= 11 is 1.67. The maximum absolute atomic E-state index is 6.19. The van der Waals surface area contributed by atoms with Crippen LogP contribution in [0.2, 0.25) is 0 Å². The largest absolute Gasteiger partial charge is 0.488 e. The molecule has 0 radical (unpaired) electrons. The first-order chi connectivity index (χ1) is 12.2. The highest BCUT2D eigenvalue weighted by Crippen LogP contribution is 2.40. The molecule has 0 atom stereocenters. The van der Waals surface area contributed by atoms with E-state index in [1.165, 1.54) is 10.4 Å². The van der Waals surface area contributed by atoms with Crippen LogP contribution in [0.5, 0.6) is 5.75 Å². The van der Waals surface area contributed by atoms with Crippen LogP contribution in [-0.4, -0.2) is 19.1 Å². The van der Waals surface area contributed by atoms with Crippen molar-refractivity contribution >= 4 is 32.8 Å². The number of fused-ring (bicyclic) bond motifs is 1. The Balaban J connectivity index is 1.65. The average molecular weight is 353 g/mol. The van der Waals surface area contributed by atoms with Crippen molar-refractivity contribution in [2.24, 2.45) is 5.73 Å². The van der Waals surface area contributed by atoms with Gasteiger partial charge in [-0.05, 0) is 24.5 Å². The van der Waals surface area contributed by atoms with Gasteiger partial charge >= 0.3 is 0 Å². The fraction of sp³-hybridized carbons (Fsp3) is 0.300. The summed E-state index contributed by atoms with van der Waals surface area (Å²) in [4.78, 5) is 2.40. The molecule has 1 aromatic heterocycles. The van der Waals surface area contributed by atoms with Gasteiger partial charge in [-0.25, -0.2) is 0 Å². The van der Waals surface area contributed by atoms with Crippen molar-refractivity contribution in [1.82, 2.24) is 0 Å². The highest BCUT2D eigenvalue weighted by Gasteiger charge is 2.19. The number of ether oxygens (including phenoxy) is 1. The molecule has 0 unspecified atom stereocenters. The Labute approximate surface area is 152 Å². The monoisotopic (exact) mass is 353 g/mol. The van der Waals surface area contributed by atoms with Gasteiger partial charge in [0.05, 0.1) is 11.1 Å². The number of nitrogens with two attached hydrogens (primary N) is 2. The number of nitrogens with zero attached hydrogens (tertiary/aromatic N) is 1. The first-order valence-corrected chi connectivity index (χ1v) is 9.56. The Morgan fingerprint density at radius 1 is 1.12 bits per heavy atom. The topological polar surface area (TPSA) is 64.5 Å². The van der Waals surface area contributed by atoms with Gasteiger partial charge in [0.1, 0.15) is 12.4 Å². The van der Waals surface area contributed by atoms with Gasteiger partial charge < -0.3 is 21.1 Å². The van der Waals surface area contributed by atoms with Crippen molar-refractivity contribution in [3.05, 3.63) is 53.4 Å². The lowest BCUT2D eigenvalue weighted by atomic mass is 10.0. The predicted octanol–water partition coefficient (Wildman–Crippen LogP) is 3.99. The van der Waals surface area contributed by atoms with Gasteiger partial charge in [0.15, 0.2) is 0 Å². The number of nitrogen functional groups attached to an aromatic ring is 1. The van der Waals surface area contributed by atoms with E-state index in [1.807, 2.05) is 23.6 Å². The van der Waals surface area contributed by atoms with Crippen LogP contribution in [-0.2, 0) is 6.61 Å². The van der Waals surface area contributed by atoms with E-state index in [9.17, 15) is 0 Å². The average Bonchev–Trinajstić information content (AvgIpc) is 3.02. The highest BCUT2D eigenvalue weighted by atomic mass is 32.1. The quantitative estimate of drug-likeness (QED) is 0.744.